The number of amides is 1. The molecule has 0 spiro atoms. The van der Waals surface area contributed by atoms with Crippen molar-refractivity contribution in [3.8, 4) is 5.75 Å². The number of quaternary nitrogens is 1. The molecule has 0 atom stereocenters. The summed E-state index contributed by atoms with van der Waals surface area (Å²) in [5.41, 5.74) is 4.17. The van der Waals surface area contributed by atoms with E-state index in [1.54, 1.807) is 13.2 Å². The first-order valence-corrected chi connectivity index (χ1v) is 10.9. The molecular formula is C24H28FN4O2+. The zero-order chi connectivity index (χ0) is 21.4. The third-order valence-corrected chi connectivity index (χ3v) is 6.60. The Morgan fingerprint density at radius 1 is 1.16 bits per heavy atom. The van der Waals surface area contributed by atoms with Crippen molar-refractivity contribution >= 4 is 22.5 Å². The van der Waals surface area contributed by atoms with Gasteiger partial charge < -0.3 is 24.4 Å². The second kappa shape index (κ2) is 8.23. The molecule has 3 heterocycles. The van der Waals surface area contributed by atoms with Gasteiger partial charge in [-0.1, -0.05) is 12.1 Å². The first-order chi connectivity index (χ1) is 15.1. The fraction of sp³-hybridized carbons (Fsp3) is 0.375. The van der Waals surface area contributed by atoms with Crippen LogP contribution in [0.4, 0.5) is 10.1 Å². The summed E-state index contributed by atoms with van der Waals surface area (Å²) in [7, 11) is 1.67. The topological polar surface area (TPSA) is 53.0 Å². The molecule has 162 valence electrons. The van der Waals surface area contributed by atoms with Crippen LogP contribution in [0.5, 0.6) is 5.75 Å². The number of fused-ring (bicyclic) bond motifs is 3. The molecule has 3 aromatic rings. The average molecular weight is 424 g/mol. The molecular weight excluding hydrogens is 395 g/mol. The van der Waals surface area contributed by atoms with E-state index >= 15 is 0 Å². The van der Waals surface area contributed by atoms with Crippen molar-refractivity contribution in [2.24, 2.45) is 0 Å². The zero-order valence-corrected chi connectivity index (χ0v) is 17.8. The molecule has 1 saturated heterocycles. The smallest absolute Gasteiger partial charge is 0.278 e. The number of halogens is 1. The Labute approximate surface area is 181 Å². The Kier molecular flexibility index (Phi) is 5.28. The average Bonchev–Trinajstić information content (AvgIpc) is 3.17. The number of nitrogens with zero attached hydrogens (tertiary/aromatic N) is 2. The molecule has 1 amide bonds. The number of hydrogen-bond acceptors (Lipinski definition) is 3. The fourth-order valence-corrected chi connectivity index (χ4v) is 4.81. The maximum atomic E-state index is 14.1. The number of nitrogens with one attached hydrogen (secondary N) is 2. The highest BCUT2D eigenvalue weighted by Gasteiger charge is 2.29. The number of piperazine rings is 1. The van der Waals surface area contributed by atoms with Crippen molar-refractivity contribution in [3.63, 3.8) is 0 Å². The first kappa shape index (κ1) is 19.9. The lowest BCUT2D eigenvalue weighted by Gasteiger charge is -2.35. The van der Waals surface area contributed by atoms with Gasteiger partial charge in [0.1, 0.15) is 11.6 Å². The van der Waals surface area contributed by atoms with Crippen LogP contribution in [0.1, 0.15) is 11.3 Å². The predicted molar refractivity (Wildman–Crippen MR) is 118 cm³/mol. The highest BCUT2D eigenvalue weighted by Crippen LogP contribution is 2.30. The number of hydrogen-bond donors (Lipinski definition) is 2. The predicted octanol–water partition coefficient (Wildman–Crippen LogP) is 1.61. The summed E-state index contributed by atoms with van der Waals surface area (Å²) in [6.07, 6.45) is 0.842. The van der Waals surface area contributed by atoms with E-state index in [1.165, 1.54) is 22.2 Å². The SMILES string of the molecule is COc1ccc2[nH]c3c(c2c1)CN(C(=O)C[NH+]1CCN(c2ccccc2F)CC1)CC3. The normalized spacial score (nSPS) is 17.1. The molecule has 31 heavy (non-hydrogen) atoms. The largest absolute Gasteiger partial charge is 0.497 e. The minimum Gasteiger partial charge on any atom is -0.497 e. The molecule has 5 rings (SSSR count). The van der Waals surface area contributed by atoms with Gasteiger partial charge in [0.2, 0.25) is 0 Å². The van der Waals surface area contributed by atoms with Crippen LogP contribution in [-0.4, -0.2) is 62.2 Å². The lowest BCUT2D eigenvalue weighted by Crippen LogP contribution is -3.15. The number of carbonyl (C=O) groups excluding carboxylic acids is 1. The number of anilines is 1. The second-order valence-electron chi connectivity index (χ2n) is 8.42. The minimum absolute atomic E-state index is 0.179. The van der Waals surface area contributed by atoms with Gasteiger partial charge in [-0.3, -0.25) is 4.79 Å². The molecule has 6 nitrogen and oxygen atoms in total. The molecule has 0 unspecified atom stereocenters. The molecule has 7 heteroatoms. The Hall–Kier alpha value is -3.06. The Bertz CT molecular complexity index is 1100. The number of para-hydroxylation sites is 1. The van der Waals surface area contributed by atoms with Crippen LogP contribution in [0, 0.1) is 5.82 Å². The molecule has 2 aliphatic heterocycles. The van der Waals surface area contributed by atoms with Crippen LogP contribution < -0.4 is 14.5 Å². The van der Waals surface area contributed by atoms with Crippen molar-refractivity contribution in [2.75, 3.05) is 51.3 Å². The summed E-state index contributed by atoms with van der Waals surface area (Å²) < 4.78 is 19.4. The number of rotatable bonds is 4. The summed E-state index contributed by atoms with van der Waals surface area (Å²) in [5, 5.41) is 1.14. The molecule has 0 aliphatic carbocycles. The minimum atomic E-state index is -0.179. The van der Waals surface area contributed by atoms with E-state index in [1.807, 2.05) is 35.2 Å². The van der Waals surface area contributed by atoms with Gasteiger partial charge in [0.25, 0.3) is 5.91 Å². The van der Waals surface area contributed by atoms with E-state index in [-0.39, 0.29) is 11.7 Å². The number of carbonyl (C=O) groups is 1. The van der Waals surface area contributed by atoms with Crippen molar-refractivity contribution in [1.29, 1.82) is 0 Å². The quantitative estimate of drug-likeness (QED) is 0.671. The Balaban J connectivity index is 1.22. The fourth-order valence-electron chi connectivity index (χ4n) is 4.81. The molecule has 1 fully saturated rings. The number of methoxy groups -OCH3 is 1. The number of aromatic amines is 1. The molecule has 1 aromatic heterocycles. The van der Waals surface area contributed by atoms with Crippen molar-refractivity contribution < 1.29 is 18.8 Å². The maximum absolute atomic E-state index is 14.1. The molecule has 2 aliphatic rings. The molecule has 2 aromatic carbocycles. The second-order valence-corrected chi connectivity index (χ2v) is 8.42. The molecule has 0 radical (unpaired) electrons. The van der Waals surface area contributed by atoms with Crippen LogP contribution in [0.25, 0.3) is 10.9 Å². The first-order valence-electron chi connectivity index (χ1n) is 10.9. The van der Waals surface area contributed by atoms with Gasteiger partial charge >= 0.3 is 0 Å². The Morgan fingerprint density at radius 3 is 2.74 bits per heavy atom. The van der Waals surface area contributed by atoms with E-state index in [0.29, 0.717) is 18.8 Å². The van der Waals surface area contributed by atoms with Gasteiger partial charge in [-0.15, -0.1) is 0 Å². The van der Waals surface area contributed by atoms with Crippen LogP contribution in [0.2, 0.25) is 0 Å². The number of H-pyrrole nitrogens is 1. The lowest BCUT2D eigenvalue weighted by atomic mass is 10.0. The Morgan fingerprint density at radius 2 is 1.97 bits per heavy atom. The van der Waals surface area contributed by atoms with Gasteiger partial charge in [-0.05, 0) is 30.3 Å². The van der Waals surface area contributed by atoms with E-state index in [4.69, 9.17) is 4.74 Å². The van der Waals surface area contributed by atoms with Crippen LogP contribution in [0.15, 0.2) is 42.5 Å². The number of benzene rings is 2. The number of aromatic nitrogens is 1. The monoisotopic (exact) mass is 423 g/mol. The van der Waals surface area contributed by atoms with Crippen LogP contribution >= 0.6 is 0 Å². The third kappa shape index (κ3) is 3.85. The van der Waals surface area contributed by atoms with Crippen molar-refractivity contribution in [3.05, 3.63) is 59.5 Å². The van der Waals surface area contributed by atoms with Crippen LogP contribution in [0.3, 0.4) is 0 Å². The maximum Gasteiger partial charge on any atom is 0.278 e. The van der Waals surface area contributed by atoms with Gasteiger partial charge in [-0.2, -0.15) is 0 Å². The standard InChI is InChI=1S/C24H27FN4O2/c1-31-17-6-7-21-18(14-17)19-15-29(9-8-22(19)26-21)24(30)16-27-10-12-28(13-11-27)23-5-3-2-4-20(23)25/h2-7,14,26H,8-13,15-16H2,1H3/p+1. The molecule has 0 bridgehead atoms. The van der Waals surface area contributed by atoms with Gasteiger partial charge in [0, 0.05) is 41.7 Å². The van der Waals surface area contributed by atoms with E-state index < -0.39 is 0 Å². The van der Waals surface area contributed by atoms with Crippen molar-refractivity contribution in [2.45, 2.75) is 13.0 Å². The van der Waals surface area contributed by atoms with E-state index in [9.17, 15) is 9.18 Å². The summed E-state index contributed by atoms with van der Waals surface area (Å²) in [6.45, 7) is 5.06. The van der Waals surface area contributed by atoms with Gasteiger partial charge in [0.05, 0.1) is 39.0 Å². The zero-order valence-electron chi connectivity index (χ0n) is 17.8. The third-order valence-electron chi connectivity index (χ3n) is 6.60. The van der Waals surface area contributed by atoms with E-state index in [0.717, 1.165) is 55.8 Å². The van der Waals surface area contributed by atoms with Gasteiger partial charge in [-0.25, -0.2) is 4.39 Å². The molecule has 0 saturated carbocycles. The summed E-state index contributed by atoms with van der Waals surface area (Å²) >= 11 is 0. The molecule has 2 N–H and O–H groups in total. The van der Waals surface area contributed by atoms with Crippen molar-refractivity contribution in [1.82, 2.24) is 9.88 Å². The summed E-state index contributed by atoms with van der Waals surface area (Å²) in [6, 6.07) is 13.0. The van der Waals surface area contributed by atoms with Crippen LogP contribution in [-0.2, 0) is 17.8 Å². The van der Waals surface area contributed by atoms with E-state index in [2.05, 4.69) is 9.88 Å². The highest BCUT2D eigenvalue weighted by atomic mass is 19.1. The lowest BCUT2D eigenvalue weighted by molar-refractivity contribution is -0.892. The summed E-state index contributed by atoms with van der Waals surface area (Å²) in [5.74, 6) is 0.841. The number of ether oxygens (including phenoxy) is 1. The summed E-state index contributed by atoms with van der Waals surface area (Å²) in [4.78, 5) is 21.9. The van der Waals surface area contributed by atoms with Gasteiger partial charge in [0.15, 0.2) is 6.54 Å². The highest BCUT2D eigenvalue weighted by molar-refractivity contribution is 5.87.